The number of nitrogens with one attached hydrogen (secondary N) is 1. The summed E-state index contributed by atoms with van der Waals surface area (Å²) in [6, 6.07) is 6.53. The normalized spacial score (nSPS) is 12.2. The van der Waals surface area contributed by atoms with Gasteiger partial charge in [0.2, 0.25) is 0 Å². The lowest BCUT2D eigenvalue weighted by atomic mass is 10.1. The van der Waals surface area contributed by atoms with Gasteiger partial charge in [0.1, 0.15) is 6.04 Å². The van der Waals surface area contributed by atoms with E-state index in [1.54, 1.807) is 0 Å². The molecular formula is C14H16N2O4. The number of rotatable bonds is 5. The standard InChI is InChI=1S/C14H16N2O4/c1-2-16-8-9(10-5-3-4-6-12(10)16)7-11(13(17)18)15-14(19)20/h3-6,8,11,15H,2,7H2,1H3,(H,17,18)(H,19,20)/t11-/m0/s1. The number of benzene rings is 1. The monoisotopic (exact) mass is 276 g/mol. The number of hydrogen-bond donors (Lipinski definition) is 3. The van der Waals surface area contributed by atoms with Gasteiger partial charge in [0, 0.05) is 30.1 Å². The minimum absolute atomic E-state index is 0.120. The first kappa shape index (κ1) is 13.9. The summed E-state index contributed by atoms with van der Waals surface area (Å²) < 4.78 is 2.02. The summed E-state index contributed by atoms with van der Waals surface area (Å²) in [4.78, 5) is 21.8. The van der Waals surface area contributed by atoms with E-state index >= 15 is 0 Å². The molecule has 0 unspecified atom stereocenters. The summed E-state index contributed by atoms with van der Waals surface area (Å²) in [6.07, 6.45) is 0.663. The van der Waals surface area contributed by atoms with Crippen molar-refractivity contribution < 1.29 is 19.8 Å². The minimum atomic E-state index is -1.34. The van der Waals surface area contributed by atoms with E-state index < -0.39 is 18.1 Å². The maximum absolute atomic E-state index is 11.1. The Morgan fingerprint density at radius 3 is 2.60 bits per heavy atom. The molecule has 1 aromatic carbocycles. The Hall–Kier alpha value is -2.50. The fourth-order valence-electron chi connectivity index (χ4n) is 2.32. The van der Waals surface area contributed by atoms with E-state index in [0.29, 0.717) is 0 Å². The SMILES string of the molecule is CCn1cc(C[C@H](NC(=O)O)C(=O)O)c2ccccc21. The molecule has 0 fully saturated rings. The number of nitrogens with zero attached hydrogens (tertiary/aromatic N) is 1. The number of fused-ring (bicyclic) bond motifs is 1. The maximum Gasteiger partial charge on any atom is 0.405 e. The molecule has 0 aliphatic carbocycles. The van der Waals surface area contributed by atoms with Crippen LogP contribution in [0.25, 0.3) is 10.9 Å². The zero-order chi connectivity index (χ0) is 14.7. The third-order valence-electron chi connectivity index (χ3n) is 3.23. The highest BCUT2D eigenvalue weighted by Crippen LogP contribution is 2.22. The van der Waals surface area contributed by atoms with Gasteiger partial charge < -0.3 is 20.1 Å². The number of aryl methyl sites for hydroxylation is 1. The zero-order valence-electron chi connectivity index (χ0n) is 11.0. The molecule has 0 aliphatic rings. The topological polar surface area (TPSA) is 91.6 Å². The van der Waals surface area contributed by atoms with Crippen LogP contribution in [-0.4, -0.2) is 32.9 Å². The number of aromatic nitrogens is 1. The van der Waals surface area contributed by atoms with Gasteiger partial charge >= 0.3 is 12.1 Å². The van der Waals surface area contributed by atoms with E-state index in [0.717, 1.165) is 23.0 Å². The maximum atomic E-state index is 11.1. The molecule has 20 heavy (non-hydrogen) atoms. The highest BCUT2D eigenvalue weighted by molar-refractivity contribution is 5.86. The van der Waals surface area contributed by atoms with E-state index in [1.807, 2.05) is 47.3 Å². The predicted octanol–water partition coefficient (Wildman–Crippen LogP) is 1.92. The average Bonchev–Trinajstić information content (AvgIpc) is 2.76. The summed E-state index contributed by atoms with van der Waals surface area (Å²) in [7, 11) is 0. The summed E-state index contributed by atoms with van der Waals surface area (Å²) in [5, 5.41) is 20.8. The Morgan fingerprint density at radius 1 is 1.30 bits per heavy atom. The van der Waals surface area contributed by atoms with Crippen LogP contribution in [0.4, 0.5) is 4.79 Å². The average molecular weight is 276 g/mol. The molecule has 1 heterocycles. The lowest BCUT2D eigenvalue weighted by Crippen LogP contribution is -2.41. The van der Waals surface area contributed by atoms with Crippen molar-refractivity contribution in [1.29, 1.82) is 0 Å². The number of carbonyl (C=O) groups is 2. The molecule has 1 atom stereocenters. The number of para-hydroxylation sites is 1. The lowest BCUT2D eigenvalue weighted by molar-refractivity contribution is -0.139. The quantitative estimate of drug-likeness (QED) is 0.778. The molecule has 6 heteroatoms. The Balaban J connectivity index is 2.37. The minimum Gasteiger partial charge on any atom is -0.480 e. The Bertz CT molecular complexity index is 648. The molecule has 0 aliphatic heterocycles. The van der Waals surface area contributed by atoms with Crippen molar-refractivity contribution in [3.05, 3.63) is 36.0 Å². The van der Waals surface area contributed by atoms with E-state index in [2.05, 4.69) is 0 Å². The van der Waals surface area contributed by atoms with E-state index in [9.17, 15) is 9.59 Å². The van der Waals surface area contributed by atoms with Crippen LogP contribution in [0.5, 0.6) is 0 Å². The van der Waals surface area contributed by atoms with Crippen molar-refractivity contribution in [2.75, 3.05) is 0 Å². The molecule has 1 aromatic heterocycles. The molecule has 0 spiro atoms. The van der Waals surface area contributed by atoms with Crippen molar-refractivity contribution in [2.24, 2.45) is 0 Å². The number of hydrogen-bond acceptors (Lipinski definition) is 2. The van der Waals surface area contributed by atoms with Gasteiger partial charge in [-0.05, 0) is 18.6 Å². The van der Waals surface area contributed by atoms with Crippen molar-refractivity contribution in [2.45, 2.75) is 25.9 Å². The third-order valence-corrected chi connectivity index (χ3v) is 3.23. The van der Waals surface area contributed by atoms with Gasteiger partial charge in [-0.1, -0.05) is 18.2 Å². The van der Waals surface area contributed by atoms with Crippen LogP contribution in [-0.2, 0) is 17.8 Å². The Morgan fingerprint density at radius 2 is 2.00 bits per heavy atom. The van der Waals surface area contributed by atoms with Crippen LogP contribution in [0.15, 0.2) is 30.5 Å². The number of carboxylic acid groups (broad SMARTS) is 2. The van der Waals surface area contributed by atoms with Gasteiger partial charge in [0.05, 0.1) is 0 Å². The van der Waals surface area contributed by atoms with Gasteiger partial charge in [0.15, 0.2) is 0 Å². The smallest absolute Gasteiger partial charge is 0.405 e. The van der Waals surface area contributed by atoms with Crippen molar-refractivity contribution >= 4 is 23.0 Å². The largest absolute Gasteiger partial charge is 0.480 e. The molecule has 3 N–H and O–H groups in total. The van der Waals surface area contributed by atoms with Gasteiger partial charge in [-0.2, -0.15) is 0 Å². The second-order valence-electron chi connectivity index (χ2n) is 4.50. The molecule has 2 aromatic rings. The first-order valence-electron chi connectivity index (χ1n) is 6.32. The van der Waals surface area contributed by atoms with E-state index in [-0.39, 0.29) is 6.42 Å². The second kappa shape index (κ2) is 5.64. The van der Waals surface area contributed by atoms with Gasteiger partial charge in [-0.25, -0.2) is 9.59 Å². The summed E-state index contributed by atoms with van der Waals surface area (Å²) in [6.45, 7) is 2.77. The van der Waals surface area contributed by atoms with Crippen LogP contribution in [0, 0.1) is 0 Å². The zero-order valence-corrected chi connectivity index (χ0v) is 11.0. The number of amides is 1. The van der Waals surface area contributed by atoms with Crippen LogP contribution < -0.4 is 5.32 Å². The van der Waals surface area contributed by atoms with E-state index in [1.165, 1.54) is 0 Å². The van der Waals surface area contributed by atoms with E-state index in [4.69, 9.17) is 10.2 Å². The Kier molecular flexibility index (Phi) is 3.93. The molecule has 106 valence electrons. The van der Waals surface area contributed by atoms with Crippen LogP contribution in [0.3, 0.4) is 0 Å². The lowest BCUT2D eigenvalue weighted by Gasteiger charge is -2.11. The van der Waals surface area contributed by atoms with Crippen LogP contribution in [0.1, 0.15) is 12.5 Å². The first-order chi connectivity index (χ1) is 9.52. The molecule has 6 nitrogen and oxygen atoms in total. The fraction of sp³-hybridized carbons (Fsp3) is 0.286. The van der Waals surface area contributed by atoms with Crippen molar-refractivity contribution in [1.82, 2.24) is 9.88 Å². The molecule has 0 bridgehead atoms. The predicted molar refractivity (Wildman–Crippen MR) is 73.9 cm³/mol. The van der Waals surface area contributed by atoms with Crippen LogP contribution >= 0.6 is 0 Å². The molecular weight excluding hydrogens is 260 g/mol. The number of aliphatic carboxylic acids is 1. The fourth-order valence-corrected chi connectivity index (χ4v) is 2.32. The highest BCUT2D eigenvalue weighted by Gasteiger charge is 2.22. The summed E-state index contributed by atoms with van der Waals surface area (Å²) in [5.74, 6) is -1.18. The van der Waals surface area contributed by atoms with Gasteiger partial charge in [-0.15, -0.1) is 0 Å². The molecule has 2 rings (SSSR count). The van der Waals surface area contributed by atoms with Crippen molar-refractivity contribution in [3.63, 3.8) is 0 Å². The first-order valence-corrected chi connectivity index (χ1v) is 6.32. The molecule has 0 radical (unpaired) electrons. The molecule has 0 saturated heterocycles. The highest BCUT2D eigenvalue weighted by atomic mass is 16.4. The molecule has 1 amide bonds. The second-order valence-corrected chi connectivity index (χ2v) is 4.50. The van der Waals surface area contributed by atoms with Crippen molar-refractivity contribution in [3.8, 4) is 0 Å². The van der Waals surface area contributed by atoms with Crippen LogP contribution in [0.2, 0.25) is 0 Å². The van der Waals surface area contributed by atoms with Gasteiger partial charge in [-0.3, -0.25) is 0 Å². The molecule has 0 saturated carbocycles. The Labute approximate surface area is 115 Å². The summed E-state index contributed by atoms with van der Waals surface area (Å²) >= 11 is 0. The third kappa shape index (κ3) is 2.74. The summed E-state index contributed by atoms with van der Waals surface area (Å²) in [5.41, 5.74) is 1.84. The van der Waals surface area contributed by atoms with Gasteiger partial charge in [0.25, 0.3) is 0 Å². The number of carboxylic acids is 1.